The number of rotatable bonds is 48. The number of hydrogen-bond donors (Lipinski definition) is 12. The first-order valence-electron chi connectivity index (χ1n) is 50.2. The summed E-state index contributed by atoms with van der Waals surface area (Å²) < 4.78 is 55.4. The van der Waals surface area contributed by atoms with E-state index in [-0.39, 0.29) is 84.6 Å². The SMILES string of the molecule is CNC[C@H](CC(C)C)NC(=O)N1CCC[C@@H]([C@@](O)(CCCCOC)c2cccc(Cl)c2)C1.CNC[C@H](CC(C)C)NC(=O)N1CCC[C@@H]([C@@](O)(CCCCOC)c2cccc(F)c2F)C1.CNC[C@H](CC(C)C)NC(=O)N1CCC[C@@H]([C@@](O)(CCCCOC)c2cccc3ccoc23)C1.CNC[C@H](CC1CCCCC1)NC(=O)N1CCC[C@@H]([C@@](O)(CCCCOC)c2ccccn2)C1. The molecule has 4 aliphatic heterocycles. The summed E-state index contributed by atoms with van der Waals surface area (Å²) in [7, 11) is 14.3. The second-order valence-electron chi connectivity index (χ2n) is 39.6. The van der Waals surface area contributed by atoms with Gasteiger partial charge in [0.15, 0.2) is 11.6 Å². The molecule has 2 aromatic heterocycles. The van der Waals surface area contributed by atoms with Crippen molar-refractivity contribution >= 4 is 46.7 Å². The highest BCUT2D eigenvalue weighted by molar-refractivity contribution is 6.30. The van der Waals surface area contributed by atoms with Gasteiger partial charge in [0.1, 0.15) is 11.2 Å². The number of halogens is 3. The van der Waals surface area contributed by atoms with Crippen LogP contribution >= 0.6 is 11.6 Å². The fraction of sp³-hybridized carbons (Fsp3) is 0.721. The molecule has 5 fully saturated rings. The average molecular weight is 1890 g/mol. The Morgan fingerprint density at radius 3 is 1.25 bits per heavy atom. The third-order valence-electron chi connectivity index (χ3n) is 27.7. The van der Waals surface area contributed by atoms with Crippen molar-refractivity contribution in [2.45, 2.75) is 274 Å². The van der Waals surface area contributed by atoms with Gasteiger partial charge in [-0.25, -0.2) is 28.0 Å². The number of hydrogen-bond acceptors (Lipinski definition) is 18. The Bertz CT molecular complexity index is 4080. The summed E-state index contributed by atoms with van der Waals surface area (Å²) in [5.74, 6) is -0.394. The van der Waals surface area contributed by atoms with Gasteiger partial charge in [-0.05, 0) is 248 Å². The minimum atomic E-state index is -1.57. The first-order chi connectivity index (χ1) is 64.0. The highest BCUT2D eigenvalue weighted by Gasteiger charge is 2.48. The van der Waals surface area contributed by atoms with E-state index >= 15 is 0 Å². The van der Waals surface area contributed by atoms with Crippen LogP contribution in [0.3, 0.4) is 0 Å². The summed E-state index contributed by atoms with van der Waals surface area (Å²) in [6.45, 7) is 23.0. The number of pyridine rings is 1. The monoisotopic (exact) mass is 1880 g/mol. The highest BCUT2D eigenvalue weighted by Crippen LogP contribution is 2.46. The van der Waals surface area contributed by atoms with Gasteiger partial charge in [-0.1, -0.05) is 134 Å². The summed E-state index contributed by atoms with van der Waals surface area (Å²) in [4.78, 5) is 64.6. The fourth-order valence-electron chi connectivity index (χ4n) is 20.9. The summed E-state index contributed by atoms with van der Waals surface area (Å²) in [5, 5.41) is 75.1. The number of likely N-dealkylation sites (tertiary alicyclic amines) is 4. The van der Waals surface area contributed by atoms with Crippen molar-refractivity contribution in [3.05, 3.63) is 136 Å². The van der Waals surface area contributed by atoms with Crippen LogP contribution < -0.4 is 42.5 Å². The van der Waals surface area contributed by atoms with Gasteiger partial charge in [0, 0.05) is 209 Å². The van der Waals surface area contributed by atoms with E-state index in [2.05, 4.69) is 89.1 Å². The van der Waals surface area contributed by atoms with Crippen molar-refractivity contribution in [1.29, 1.82) is 0 Å². The molecule has 0 unspecified atom stereocenters. The molecule has 12 N–H and O–H groups in total. The number of para-hydroxylation sites is 1. The molecule has 5 aliphatic rings. The number of amides is 8. The topological polar surface area (TPSA) is 321 Å². The fourth-order valence-corrected chi connectivity index (χ4v) is 21.1. The molecule has 0 radical (unpaired) electrons. The lowest BCUT2D eigenvalue weighted by molar-refractivity contribution is -0.0598. The first kappa shape index (κ1) is 113. The molecular formula is C104H172ClF2N13O13. The summed E-state index contributed by atoms with van der Waals surface area (Å²) >= 11 is 6.27. The standard InChI is InChI=1S/C27H46N4O3.C27H43N3O4.C25H42ClN3O3.C25H41F2N3O3/c1-28-20-24(19-22-11-4-3-5-12-22)30-26(32)31-17-10-13-23(21-31)27(33,15-7-9-18-34-2)25-14-6-8-16-29-25;1-20(2)17-23(18-28-3)29-26(31)30-14-8-10-22(19-30)27(32,13-5-6-15-33-4)24-11-7-9-21-12-16-34-25(21)24;1-19(2)15-23(17-27-3)28-24(30)29-13-8-10-21(18-29)25(31,12-5-6-14-32-4)20-9-7-11-22(26)16-20;1-18(2)15-20(16-28-3)29-24(31)30-13-8-9-19(17-30)25(32,12-5-6-14-33-4)21-10-7-11-22(26)23(21)27/h6,8,14,16,22-24,28,33H,3-5,7,9-13,15,17-21H2,1-2H3,(H,30,32);7,9,11-12,16,20,22-23,28,32H,5-6,8,10,13-15,17-19H2,1-4H3,(H,29,31);7,9,11,16,19,21,23,27,31H,5-6,8,10,12-15,17-18H2,1-4H3,(H,28,30);7,10-11,18-20,28,32H,5-6,8-9,12-17H2,1-4H3,(H,29,31)/t23-,24+,27+;22-,23+,27+;21-,23+,25-;19-,20+,25+/m1111/s1. The third kappa shape index (κ3) is 36.1. The van der Waals surface area contributed by atoms with Crippen LogP contribution in [0.4, 0.5) is 28.0 Å². The number of nitrogens with one attached hydrogen (secondary N) is 8. The van der Waals surface area contributed by atoms with E-state index in [0.29, 0.717) is 152 Å². The van der Waals surface area contributed by atoms with Gasteiger partial charge in [-0.2, -0.15) is 0 Å². The molecule has 133 heavy (non-hydrogen) atoms. The number of aromatic nitrogens is 1. The number of fused-ring (bicyclic) bond motifs is 1. The van der Waals surface area contributed by atoms with E-state index in [1.807, 2.05) is 110 Å². The zero-order valence-electron chi connectivity index (χ0n) is 83.3. The van der Waals surface area contributed by atoms with E-state index < -0.39 is 40.0 Å². The number of aliphatic hydroxyl groups is 4. The predicted octanol–water partition coefficient (Wildman–Crippen LogP) is 17.0. The molecule has 12 atom stereocenters. The minimum Gasteiger partial charge on any atom is -0.464 e. The number of furan rings is 1. The van der Waals surface area contributed by atoms with Gasteiger partial charge in [-0.15, -0.1) is 0 Å². The van der Waals surface area contributed by atoms with Gasteiger partial charge in [0.05, 0.1) is 28.8 Å². The lowest BCUT2D eigenvalue weighted by Gasteiger charge is -2.43. The number of carbonyl (C=O) groups is 4. The predicted molar refractivity (Wildman–Crippen MR) is 528 cm³/mol. The van der Waals surface area contributed by atoms with Crippen molar-refractivity contribution < 1.29 is 71.7 Å². The molecule has 752 valence electrons. The molecule has 0 spiro atoms. The van der Waals surface area contributed by atoms with E-state index in [9.17, 15) is 48.4 Å². The normalized spacial score (nSPS) is 20.2. The largest absolute Gasteiger partial charge is 0.464 e. The van der Waals surface area contributed by atoms with Gasteiger partial charge < -0.3 is 106 Å². The molecule has 29 heteroatoms. The number of nitrogens with zero attached hydrogens (tertiary/aromatic N) is 5. The van der Waals surface area contributed by atoms with Gasteiger partial charge in [0.25, 0.3) is 0 Å². The maximum absolute atomic E-state index is 14.8. The Balaban J connectivity index is 0.000000242. The zero-order valence-corrected chi connectivity index (χ0v) is 84.1. The molecule has 1 aliphatic carbocycles. The van der Waals surface area contributed by atoms with Crippen LogP contribution in [0.5, 0.6) is 0 Å². The first-order valence-corrected chi connectivity index (χ1v) is 50.6. The molecule has 0 bridgehead atoms. The number of unbranched alkanes of at least 4 members (excludes halogenated alkanes) is 4. The molecule has 10 rings (SSSR count). The van der Waals surface area contributed by atoms with Gasteiger partial charge in [-0.3, -0.25) is 4.98 Å². The van der Waals surface area contributed by atoms with Crippen LogP contribution in [-0.2, 0) is 41.4 Å². The van der Waals surface area contributed by atoms with E-state index in [4.69, 9.17) is 35.0 Å². The summed E-state index contributed by atoms with van der Waals surface area (Å²) in [6, 6.07) is 25.2. The molecule has 26 nitrogen and oxygen atoms in total. The highest BCUT2D eigenvalue weighted by atomic mass is 35.5. The Hall–Kier alpha value is -6.90. The van der Waals surface area contributed by atoms with E-state index in [1.165, 1.54) is 44.2 Å². The van der Waals surface area contributed by atoms with Crippen LogP contribution in [0.2, 0.25) is 5.02 Å². The minimum absolute atomic E-state index is 0.00325. The molecule has 6 heterocycles. The molecular weight excluding hydrogens is 1710 g/mol. The lowest BCUT2D eigenvalue weighted by atomic mass is 9.73. The Labute approximate surface area is 800 Å². The van der Waals surface area contributed by atoms with Crippen LogP contribution in [0, 0.1) is 59.0 Å². The van der Waals surface area contributed by atoms with E-state index in [1.54, 1.807) is 45.8 Å². The summed E-state index contributed by atoms with van der Waals surface area (Å²) in [6.07, 6.45) is 28.9. The molecule has 8 amide bonds. The number of methoxy groups -OCH3 is 4. The van der Waals surface area contributed by atoms with Crippen molar-refractivity contribution in [2.75, 3.05) is 162 Å². The lowest BCUT2D eigenvalue weighted by Crippen LogP contribution is -2.54. The molecule has 3 aromatic carbocycles. The number of ether oxygens (including phenoxy) is 4. The Kier molecular flexibility index (Phi) is 51.1. The van der Waals surface area contributed by atoms with Crippen molar-refractivity contribution in [3.63, 3.8) is 0 Å². The third-order valence-corrected chi connectivity index (χ3v) is 27.9. The number of benzene rings is 3. The van der Waals surface area contributed by atoms with Gasteiger partial charge >= 0.3 is 24.1 Å². The smallest absolute Gasteiger partial charge is 0.317 e. The number of likely N-dealkylation sites (N-methyl/N-ethyl adjacent to an activating group) is 4. The maximum atomic E-state index is 14.8. The Morgan fingerprint density at radius 1 is 0.451 bits per heavy atom. The van der Waals surface area contributed by atoms with Crippen molar-refractivity contribution in [1.82, 2.24) is 67.1 Å². The zero-order chi connectivity index (χ0) is 96.8. The van der Waals surface area contributed by atoms with Crippen LogP contribution in [0.25, 0.3) is 11.0 Å². The summed E-state index contributed by atoms with van der Waals surface area (Å²) in [5.41, 5.74) is -1.63. The van der Waals surface area contributed by atoms with Crippen molar-refractivity contribution in [2.24, 2.45) is 47.3 Å². The number of carbonyl (C=O) groups excluding carboxylic acids is 4. The van der Waals surface area contributed by atoms with Crippen LogP contribution in [0.1, 0.15) is 250 Å². The maximum Gasteiger partial charge on any atom is 0.317 e. The molecule has 4 saturated heterocycles. The number of piperidine rings is 4. The molecule has 5 aromatic rings. The Morgan fingerprint density at radius 2 is 0.835 bits per heavy atom. The van der Waals surface area contributed by atoms with Crippen LogP contribution in [0.15, 0.2) is 102 Å². The average Bonchev–Trinajstić information content (AvgIpc) is 1.76. The van der Waals surface area contributed by atoms with Gasteiger partial charge in [0.2, 0.25) is 0 Å². The van der Waals surface area contributed by atoms with Crippen molar-refractivity contribution in [3.8, 4) is 0 Å². The van der Waals surface area contributed by atoms with E-state index in [0.717, 1.165) is 157 Å². The number of urea groups is 4. The molecule has 1 saturated carbocycles. The quantitative estimate of drug-likeness (QED) is 0.0161. The van der Waals surface area contributed by atoms with Crippen LogP contribution in [-0.4, -0.2) is 255 Å². The second kappa shape index (κ2) is 60.1. The second-order valence-corrected chi connectivity index (χ2v) is 40.0.